The molecule has 0 radical (unpaired) electrons. The minimum Gasteiger partial charge on any atom is -0.497 e. The molecule has 60 heavy (non-hydrogen) atoms. The van der Waals surface area contributed by atoms with Crippen molar-refractivity contribution in [1.82, 2.24) is 24.4 Å². The van der Waals surface area contributed by atoms with Gasteiger partial charge in [-0.2, -0.15) is 0 Å². The lowest BCUT2D eigenvalue weighted by Crippen LogP contribution is -2.44. The van der Waals surface area contributed by atoms with Crippen molar-refractivity contribution in [3.05, 3.63) is 84.6 Å². The first-order chi connectivity index (χ1) is 28.7. The van der Waals surface area contributed by atoms with E-state index in [1.165, 1.54) is 42.3 Å². The number of esters is 1. The van der Waals surface area contributed by atoms with Gasteiger partial charge in [0.05, 0.1) is 38.6 Å². The molecule has 2 aromatic carbocycles. The first kappa shape index (κ1) is 42.0. The maximum Gasteiger partial charge on any atom is 0.472 e. The van der Waals surface area contributed by atoms with Crippen molar-refractivity contribution in [2.45, 2.75) is 61.4 Å². The number of anilines is 1. The van der Waals surface area contributed by atoms with E-state index in [0.717, 1.165) is 23.5 Å². The number of hydrogen-bond acceptors (Lipinski definition) is 18. The second kappa shape index (κ2) is 17.0. The van der Waals surface area contributed by atoms with Crippen LogP contribution < -0.4 is 15.2 Å². The zero-order chi connectivity index (χ0) is 42.3. The molecule has 2 bridgehead atoms. The third-order valence-electron chi connectivity index (χ3n) is 9.65. The fourth-order valence-corrected chi connectivity index (χ4v) is 10.9. The number of amides is 1. The summed E-state index contributed by atoms with van der Waals surface area (Å²) >= 11 is 0.598. The first-order valence-corrected chi connectivity index (χ1v) is 22.6. The lowest BCUT2D eigenvalue weighted by atomic mass is 10.1. The third-order valence-corrected chi connectivity index (χ3v) is 14.3. The molecule has 6 heterocycles. The zero-order valence-corrected chi connectivity index (χ0v) is 33.6. The van der Waals surface area contributed by atoms with Crippen LogP contribution in [0.1, 0.15) is 28.6 Å². The molecular weight excluding hydrogens is 860 g/mol. The van der Waals surface area contributed by atoms with E-state index in [4.69, 9.17) is 42.8 Å². The predicted octanol–water partition coefficient (Wildman–Crippen LogP) is 4.21. The van der Waals surface area contributed by atoms with Crippen molar-refractivity contribution < 1.29 is 74.2 Å². The number of nitrogens with zero attached hydrogens (tertiary/aromatic N) is 5. The molecule has 10 atom stereocenters. The summed E-state index contributed by atoms with van der Waals surface area (Å²) in [5, 5.41) is 0. The molecule has 3 fully saturated rings. The van der Waals surface area contributed by atoms with Crippen LogP contribution in [0.4, 0.5) is 14.6 Å². The quantitative estimate of drug-likeness (QED) is 0.109. The molecule has 1 unspecified atom stereocenters. The Kier molecular flexibility index (Phi) is 11.9. The van der Waals surface area contributed by atoms with Crippen LogP contribution in [-0.4, -0.2) is 110 Å². The van der Waals surface area contributed by atoms with Gasteiger partial charge in [0.2, 0.25) is 5.91 Å². The number of nitrogen functional groups attached to an aromatic ring is 1. The fraction of sp³-hybridized carbons (Fsp3) is 0.371. The van der Waals surface area contributed by atoms with Crippen LogP contribution in [0.15, 0.2) is 73.5 Å². The monoisotopic (exact) mass is 894 g/mol. The van der Waals surface area contributed by atoms with Crippen LogP contribution in [-0.2, 0) is 52.0 Å². The fourth-order valence-electron chi connectivity index (χ4n) is 6.64. The second-order valence-corrected chi connectivity index (χ2v) is 19.0. The van der Waals surface area contributed by atoms with Crippen LogP contribution in [0.2, 0.25) is 0 Å². The number of imidazole rings is 1. The Labute approximate surface area is 342 Å². The van der Waals surface area contributed by atoms with E-state index >= 15 is 8.78 Å². The van der Waals surface area contributed by atoms with Gasteiger partial charge in [-0.1, -0.05) is 12.1 Å². The largest absolute Gasteiger partial charge is 0.497 e. The van der Waals surface area contributed by atoms with Crippen LogP contribution in [0.25, 0.3) is 11.2 Å². The number of phosphoric ester groups is 1. The van der Waals surface area contributed by atoms with Crippen molar-refractivity contribution >= 4 is 60.6 Å². The number of carbonyl (C=O) groups is 3. The molecular formula is C35H34F2N6O14P2S. The summed E-state index contributed by atoms with van der Waals surface area (Å²) in [4.78, 5) is 61.0. The van der Waals surface area contributed by atoms with Crippen molar-refractivity contribution in [2.75, 3.05) is 26.1 Å². The number of aromatic nitrogens is 4. The number of fused-ring (bicyclic) bond motifs is 4. The first-order valence-electron chi connectivity index (χ1n) is 17.9. The van der Waals surface area contributed by atoms with E-state index in [1.54, 1.807) is 24.3 Å². The van der Waals surface area contributed by atoms with Crippen molar-refractivity contribution in [3.63, 3.8) is 0 Å². The Hall–Kier alpha value is -4.67. The number of alkyl halides is 2. The Morgan fingerprint density at radius 3 is 2.38 bits per heavy atom. The highest BCUT2D eigenvalue weighted by molar-refractivity contribution is 8.54. The summed E-state index contributed by atoms with van der Waals surface area (Å²) in [6, 6.07) is 12.4. The zero-order valence-electron chi connectivity index (χ0n) is 31.0. The highest BCUT2D eigenvalue weighted by Crippen LogP contribution is 2.65. The maximum atomic E-state index is 16.5. The summed E-state index contributed by atoms with van der Waals surface area (Å²) in [7, 11) is -3.77. The molecule has 0 saturated carbocycles. The van der Waals surface area contributed by atoms with E-state index in [2.05, 4.69) is 15.0 Å². The Morgan fingerprint density at radius 2 is 1.65 bits per heavy atom. The lowest BCUT2D eigenvalue weighted by Gasteiger charge is -2.28. The number of methoxy groups -OCH3 is 1. The molecule has 4 aliphatic rings. The summed E-state index contributed by atoms with van der Waals surface area (Å²) in [5.41, 5.74) is 6.95. The van der Waals surface area contributed by atoms with Gasteiger partial charge in [-0.25, -0.2) is 37.7 Å². The summed E-state index contributed by atoms with van der Waals surface area (Å²) in [6.45, 7) is -6.45. The second-order valence-electron chi connectivity index (χ2n) is 13.5. The molecule has 1 amide bonds. The van der Waals surface area contributed by atoms with E-state index in [9.17, 15) is 28.4 Å². The lowest BCUT2D eigenvalue weighted by molar-refractivity contribution is -0.146. The van der Waals surface area contributed by atoms with E-state index in [-0.39, 0.29) is 34.0 Å². The topological polar surface area (TPSA) is 252 Å². The van der Waals surface area contributed by atoms with E-state index < -0.39 is 101 Å². The van der Waals surface area contributed by atoms with Gasteiger partial charge in [-0.05, 0) is 59.4 Å². The van der Waals surface area contributed by atoms with Gasteiger partial charge in [0.25, 0.3) is 0 Å². The van der Waals surface area contributed by atoms with E-state index in [1.807, 2.05) is 0 Å². The number of nitrogens with two attached hydrogens (primary N) is 1. The number of ketones is 1. The normalized spacial score (nSPS) is 32.2. The number of benzene rings is 2. The average molecular weight is 895 g/mol. The van der Waals surface area contributed by atoms with Crippen LogP contribution in [0.5, 0.6) is 11.5 Å². The third kappa shape index (κ3) is 8.73. The van der Waals surface area contributed by atoms with Crippen LogP contribution in [0, 0.1) is 0 Å². The Balaban J connectivity index is 1.08. The molecule has 0 aliphatic carbocycles. The minimum atomic E-state index is -5.26. The number of rotatable bonds is 8. The maximum absolute atomic E-state index is 16.5. The van der Waals surface area contributed by atoms with Gasteiger partial charge in [0.15, 0.2) is 42.0 Å². The highest BCUT2D eigenvalue weighted by Gasteiger charge is 2.56. The molecule has 3 saturated heterocycles. The molecule has 0 spiro atoms. The summed E-state index contributed by atoms with van der Waals surface area (Å²) in [5.74, 6) is -1.38. The number of allylic oxidation sites excluding steroid dienone is 1. The van der Waals surface area contributed by atoms with Crippen molar-refractivity contribution in [1.29, 1.82) is 0 Å². The van der Waals surface area contributed by atoms with Crippen LogP contribution in [0.3, 0.4) is 0 Å². The summed E-state index contributed by atoms with van der Waals surface area (Å²) < 4.78 is 107. The molecule has 25 heteroatoms. The molecule has 20 nitrogen and oxygen atoms in total. The standard InChI is InChI=1S/C35H34F2N6O14P2S/c1-50-21-8-4-19(5-9-21)35(46)53-22-6-2-18(3-7-22)15-60-59(49)52-14-24-29(27(37)33(55-24)42-11-10-20(44)12-25(42)45)56-58(47,48)51-13-23-26(36)30(57-59)34(54-23)43-17-41-28-31(38)39-16-40-32(28)43/h2-11,16-17,23-24,26-27,29-30,33-34H,12-15H2,1H3,(H,47,48)(H2,38,39,40)/t23-,24-,26-,27-,29-,30-,33-,34-,59+/m1/s1. The molecule has 8 rings (SSSR count). The van der Waals surface area contributed by atoms with Crippen LogP contribution >= 0.6 is 26.0 Å². The summed E-state index contributed by atoms with van der Waals surface area (Å²) in [6.07, 6.45) is -11.1. The average Bonchev–Trinajstić information content (AvgIpc) is 3.89. The van der Waals surface area contributed by atoms with Gasteiger partial charge in [-0.15, -0.1) is 0 Å². The number of hydrogen-bond donors (Lipinski definition) is 2. The molecule has 2 aromatic heterocycles. The van der Waals surface area contributed by atoms with Crippen molar-refractivity contribution in [3.8, 4) is 11.5 Å². The Bertz CT molecular complexity index is 2410. The number of ether oxygens (including phenoxy) is 4. The van der Waals surface area contributed by atoms with E-state index in [0.29, 0.717) is 22.7 Å². The van der Waals surface area contributed by atoms with Gasteiger partial charge < -0.3 is 29.6 Å². The molecule has 3 N–H and O–H groups in total. The van der Waals surface area contributed by atoms with Gasteiger partial charge in [0, 0.05) is 12.0 Å². The number of phosphoric acid groups is 1. The SMILES string of the molecule is COc1ccc(C(=O)Oc2ccc(CS[P@@]3(=O)OC[C@H]4O[C@@H](N5C=CC(=O)CC5=O)[C@H](F)[C@@H]4OP(=O)(O)OC[C@H]4O[C@@H](n5cnc6c(N)ncnc65)[C@H](O3)[C@@H]4F)cc2)cc1. The number of halogens is 2. The molecule has 318 valence electrons. The van der Waals surface area contributed by atoms with Gasteiger partial charge in [0.1, 0.15) is 47.8 Å². The number of carbonyl (C=O) groups excluding carboxylic acids is 3. The Morgan fingerprint density at radius 1 is 0.933 bits per heavy atom. The van der Waals surface area contributed by atoms with Crippen molar-refractivity contribution in [2.24, 2.45) is 0 Å². The molecule has 4 aromatic rings. The molecule has 4 aliphatic heterocycles. The smallest absolute Gasteiger partial charge is 0.472 e. The predicted molar refractivity (Wildman–Crippen MR) is 202 cm³/mol. The van der Waals surface area contributed by atoms with Gasteiger partial charge in [-0.3, -0.25) is 37.2 Å². The minimum absolute atomic E-state index is 0.0126. The highest BCUT2D eigenvalue weighted by atomic mass is 32.7. The van der Waals surface area contributed by atoms with Gasteiger partial charge >= 0.3 is 20.6 Å².